The largest absolute Gasteiger partial charge is 0.314 e. The Balaban J connectivity index is 2.64. The Morgan fingerprint density at radius 3 is 2.55 bits per heavy atom. The lowest BCUT2D eigenvalue weighted by Gasteiger charge is -2.36. The zero-order chi connectivity index (χ0) is 15.4. The van der Waals surface area contributed by atoms with Crippen LogP contribution >= 0.6 is 0 Å². The van der Waals surface area contributed by atoms with Gasteiger partial charge in [0, 0.05) is 24.7 Å². The maximum atomic E-state index is 12.4. The maximum absolute atomic E-state index is 12.4. The molecule has 0 aromatic rings. The number of hydrogen-bond donors (Lipinski definition) is 2. The molecule has 0 amide bonds. The lowest BCUT2D eigenvalue weighted by molar-refractivity contribution is 0.220. The smallest absolute Gasteiger partial charge is 0.279 e. The Morgan fingerprint density at radius 2 is 2.00 bits per heavy atom. The van der Waals surface area contributed by atoms with E-state index in [-0.39, 0.29) is 0 Å². The van der Waals surface area contributed by atoms with Crippen molar-refractivity contribution in [3.05, 3.63) is 0 Å². The number of piperidine rings is 1. The predicted octanol–water partition coefficient (Wildman–Crippen LogP) is 1.72. The van der Waals surface area contributed by atoms with Crippen molar-refractivity contribution >= 4 is 10.2 Å². The van der Waals surface area contributed by atoms with Crippen molar-refractivity contribution < 1.29 is 8.42 Å². The van der Waals surface area contributed by atoms with E-state index in [9.17, 15) is 8.42 Å². The average Bonchev–Trinajstić information content (AvgIpc) is 2.33. The summed E-state index contributed by atoms with van der Waals surface area (Å²) in [6.45, 7) is 12.2. The van der Waals surface area contributed by atoms with Gasteiger partial charge in [-0.05, 0) is 59.4 Å². The summed E-state index contributed by atoms with van der Waals surface area (Å²) in [6.07, 6.45) is 3.14. The van der Waals surface area contributed by atoms with Gasteiger partial charge in [0.25, 0.3) is 10.2 Å². The first-order valence-corrected chi connectivity index (χ1v) is 9.12. The Kier molecular flexibility index (Phi) is 6.44. The normalized spacial score (nSPS) is 23.8. The maximum Gasteiger partial charge on any atom is 0.279 e. The highest BCUT2D eigenvalue weighted by Crippen LogP contribution is 2.22. The molecule has 1 saturated heterocycles. The van der Waals surface area contributed by atoms with Crippen LogP contribution in [0.25, 0.3) is 0 Å². The Morgan fingerprint density at radius 1 is 1.35 bits per heavy atom. The number of rotatable bonds is 6. The molecule has 2 unspecified atom stereocenters. The molecule has 1 fully saturated rings. The van der Waals surface area contributed by atoms with Crippen LogP contribution in [0.1, 0.15) is 53.9 Å². The molecule has 20 heavy (non-hydrogen) atoms. The van der Waals surface area contributed by atoms with Crippen LogP contribution in [-0.4, -0.2) is 43.9 Å². The van der Waals surface area contributed by atoms with Gasteiger partial charge in [-0.1, -0.05) is 6.92 Å². The molecule has 0 spiro atoms. The fourth-order valence-electron chi connectivity index (χ4n) is 2.59. The molecule has 0 aromatic carbocycles. The van der Waals surface area contributed by atoms with Gasteiger partial charge in [0.15, 0.2) is 0 Å². The van der Waals surface area contributed by atoms with Crippen molar-refractivity contribution in [2.45, 2.75) is 65.5 Å². The molecular formula is C14H31N3O2S. The zero-order valence-electron chi connectivity index (χ0n) is 13.6. The van der Waals surface area contributed by atoms with Crippen molar-refractivity contribution in [3.63, 3.8) is 0 Å². The highest BCUT2D eigenvalue weighted by atomic mass is 32.2. The van der Waals surface area contributed by atoms with Crippen LogP contribution in [0.5, 0.6) is 0 Å². The molecule has 6 heteroatoms. The van der Waals surface area contributed by atoms with Crippen LogP contribution in [-0.2, 0) is 10.2 Å². The summed E-state index contributed by atoms with van der Waals surface area (Å²) in [5.41, 5.74) is -0.433. The third kappa shape index (κ3) is 5.68. The summed E-state index contributed by atoms with van der Waals surface area (Å²) in [7, 11) is -3.37. The van der Waals surface area contributed by atoms with E-state index in [0.29, 0.717) is 25.0 Å². The van der Waals surface area contributed by atoms with Crippen molar-refractivity contribution in [2.24, 2.45) is 5.92 Å². The summed E-state index contributed by atoms with van der Waals surface area (Å²) in [5.74, 6) is 0.395. The molecule has 1 aliphatic rings. The first kappa shape index (κ1) is 17.9. The summed E-state index contributed by atoms with van der Waals surface area (Å²) in [6, 6.07) is 0.364. The molecule has 2 N–H and O–H groups in total. The lowest BCUT2D eigenvalue weighted by Crippen LogP contribution is -2.53. The van der Waals surface area contributed by atoms with Crippen molar-refractivity contribution in [1.29, 1.82) is 0 Å². The first-order valence-electron chi connectivity index (χ1n) is 7.68. The van der Waals surface area contributed by atoms with Gasteiger partial charge in [-0.15, -0.1) is 0 Å². The van der Waals surface area contributed by atoms with Crippen LogP contribution < -0.4 is 10.0 Å². The van der Waals surface area contributed by atoms with Crippen LogP contribution in [0.4, 0.5) is 0 Å². The third-order valence-corrected chi connectivity index (χ3v) is 5.50. The summed E-state index contributed by atoms with van der Waals surface area (Å²) < 4.78 is 29.1. The quantitative estimate of drug-likeness (QED) is 0.785. The van der Waals surface area contributed by atoms with Crippen LogP contribution in [0.3, 0.4) is 0 Å². The Hall–Kier alpha value is -0.170. The van der Waals surface area contributed by atoms with E-state index in [1.165, 1.54) is 0 Å². The third-order valence-electron chi connectivity index (χ3n) is 3.62. The fourth-order valence-corrected chi connectivity index (χ4v) is 4.25. The molecule has 2 atom stereocenters. The van der Waals surface area contributed by atoms with E-state index < -0.39 is 15.7 Å². The average molecular weight is 305 g/mol. The van der Waals surface area contributed by atoms with Crippen molar-refractivity contribution in [2.75, 3.05) is 19.6 Å². The van der Waals surface area contributed by atoms with E-state index in [1.54, 1.807) is 4.31 Å². The SMILES string of the molecule is CCCNC(C)C1CCCN(S(=O)(=O)NC(C)(C)C)C1. The minimum Gasteiger partial charge on any atom is -0.314 e. The Bertz CT molecular complexity index is 390. The van der Waals surface area contributed by atoms with Crippen LogP contribution in [0.2, 0.25) is 0 Å². The zero-order valence-corrected chi connectivity index (χ0v) is 14.4. The molecule has 0 saturated carbocycles. The van der Waals surface area contributed by atoms with Gasteiger partial charge in [0.05, 0.1) is 0 Å². The van der Waals surface area contributed by atoms with Crippen molar-refractivity contribution in [1.82, 2.24) is 14.3 Å². The monoisotopic (exact) mass is 305 g/mol. The number of nitrogens with one attached hydrogen (secondary N) is 2. The fraction of sp³-hybridized carbons (Fsp3) is 1.00. The standard InChI is InChI=1S/C14H31N3O2S/c1-6-9-15-12(2)13-8-7-10-17(11-13)20(18,19)16-14(3,4)5/h12-13,15-16H,6-11H2,1-5H3. The number of nitrogens with zero attached hydrogens (tertiary/aromatic N) is 1. The van der Waals surface area contributed by atoms with Crippen molar-refractivity contribution in [3.8, 4) is 0 Å². The molecule has 0 radical (unpaired) electrons. The Labute approximate surface area is 124 Å². The highest BCUT2D eigenvalue weighted by molar-refractivity contribution is 7.87. The van der Waals surface area contributed by atoms with Crippen LogP contribution in [0, 0.1) is 5.92 Å². The van der Waals surface area contributed by atoms with Gasteiger partial charge in [0.2, 0.25) is 0 Å². The molecule has 1 heterocycles. The van der Waals surface area contributed by atoms with Gasteiger partial charge in [-0.3, -0.25) is 0 Å². The van der Waals surface area contributed by atoms with E-state index in [1.807, 2.05) is 20.8 Å². The molecule has 1 aliphatic heterocycles. The van der Waals surface area contributed by atoms with Gasteiger partial charge >= 0.3 is 0 Å². The summed E-state index contributed by atoms with van der Waals surface area (Å²) >= 11 is 0. The molecule has 120 valence electrons. The minimum atomic E-state index is -3.37. The summed E-state index contributed by atoms with van der Waals surface area (Å²) in [5, 5.41) is 3.48. The minimum absolute atomic E-state index is 0.364. The number of hydrogen-bond acceptors (Lipinski definition) is 3. The molecule has 5 nitrogen and oxygen atoms in total. The lowest BCUT2D eigenvalue weighted by atomic mass is 9.93. The molecule has 0 bridgehead atoms. The highest BCUT2D eigenvalue weighted by Gasteiger charge is 2.33. The summed E-state index contributed by atoms with van der Waals surface area (Å²) in [4.78, 5) is 0. The van der Waals surface area contributed by atoms with E-state index >= 15 is 0 Å². The van der Waals surface area contributed by atoms with E-state index in [2.05, 4.69) is 23.9 Å². The molecular weight excluding hydrogens is 274 g/mol. The topological polar surface area (TPSA) is 61.4 Å². The first-order chi connectivity index (χ1) is 9.15. The van der Waals surface area contributed by atoms with E-state index in [4.69, 9.17) is 0 Å². The molecule has 0 aliphatic carbocycles. The molecule has 0 aromatic heterocycles. The van der Waals surface area contributed by atoms with Gasteiger partial charge in [-0.2, -0.15) is 17.4 Å². The second kappa shape index (κ2) is 7.20. The van der Waals surface area contributed by atoms with Gasteiger partial charge < -0.3 is 5.32 Å². The second-order valence-electron chi connectivity index (χ2n) is 6.86. The predicted molar refractivity (Wildman–Crippen MR) is 83.9 cm³/mol. The molecule has 1 rings (SSSR count). The van der Waals surface area contributed by atoms with Gasteiger partial charge in [0.1, 0.15) is 0 Å². The van der Waals surface area contributed by atoms with Gasteiger partial charge in [-0.25, -0.2) is 0 Å². The van der Waals surface area contributed by atoms with E-state index in [0.717, 1.165) is 25.8 Å². The second-order valence-corrected chi connectivity index (χ2v) is 8.53. The van der Waals surface area contributed by atoms with Crippen LogP contribution in [0.15, 0.2) is 0 Å².